The van der Waals surface area contributed by atoms with E-state index in [-0.39, 0.29) is 37.2 Å². The van der Waals surface area contributed by atoms with Crippen LogP contribution in [0, 0.1) is 5.82 Å². The van der Waals surface area contributed by atoms with Crippen molar-refractivity contribution in [2.75, 3.05) is 0 Å². The van der Waals surface area contributed by atoms with Crippen LogP contribution in [-0.2, 0) is 9.59 Å². The summed E-state index contributed by atoms with van der Waals surface area (Å²) in [6, 6.07) is 5.04. The Kier molecular flexibility index (Phi) is 5.17. The maximum absolute atomic E-state index is 12.6. The number of benzene rings is 1. The maximum atomic E-state index is 12.6. The Hall–Kier alpha value is -2.04. The topological polar surface area (TPSA) is 74.3 Å². The molecule has 0 N–H and O–H groups in total. The molecular weight excluding hydrogens is 239 g/mol. The van der Waals surface area contributed by atoms with Gasteiger partial charge in [-0.1, -0.05) is 0 Å². The first kappa shape index (κ1) is 14.0. The van der Waals surface area contributed by atoms with E-state index in [1.54, 1.807) is 0 Å². The van der Waals surface area contributed by atoms with Crippen molar-refractivity contribution in [3.8, 4) is 0 Å². The van der Waals surface area contributed by atoms with E-state index < -0.39 is 11.8 Å². The lowest BCUT2D eigenvalue weighted by molar-refractivity contribution is -0.305. The molecule has 0 aliphatic carbocycles. The molecule has 1 rings (SSSR count). The Morgan fingerprint density at radius 2 is 1.50 bits per heavy atom. The number of ketones is 2. The molecule has 0 saturated heterocycles. The number of Topliss-reactive ketones (excluding diaryl/α,β-unsaturated/α-hetero) is 2. The number of carboxylic acid groups (broad SMARTS) is 1. The van der Waals surface area contributed by atoms with Gasteiger partial charge in [-0.2, -0.15) is 0 Å². The zero-order valence-corrected chi connectivity index (χ0v) is 9.65. The molecule has 0 aliphatic rings. The Bertz CT molecular complexity index is 451. The van der Waals surface area contributed by atoms with Crippen LogP contribution in [-0.4, -0.2) is 17.5 Å². The van der Waals surface area contributed by atoms with Crippen LogP contribution < -0.4 is 5.11 Å². The lowest BCUT2D eigenvalue weighted by atomic mass is 10.0. The summed E-state index contributed by atoms with van der Waals surface area (Å²) in [5.41, 5.74) is 0.337. The number of rotatable bonds is 7. The van der Waals surface area contributed by atoms with Crippen molar-refractivity contribution in [2.45, 2.75) is 25.7 Å². The van der Waals surface area contributed by atoms with Gasteiger partial charge in [-0.3, -0.25) is 9.59 Å². The van der Waals surface area contributed by atoms with Crippen molar-refractivity contribution >= 4 is 17.5 Å². The van der Waals surface area contributed by atoms with E-state index in [0.29, 0.717) is 5.56 Å². The molecule has 0 spiro atoms. The predicted molar refractivity (Wildman–Crippen MR) is 59.2 cm³/mol. The van der Waals surface area contributed by atoms with Crippen molar-refractivity contribution in [3.63, 3.8) is 0 Å². The van der Waals surface area contributed by atoms with Gasteiger partial charge in [-0.25, -0.2) is 4.39 Å². The fourth-order valence-corrected chi connectivity index (χ4v) is 1.40. The highest BCUT2D eigenvalue weighted by Crippen LogP contribution is 2.08. The summed E-state index contributed by atoms with van der Waals surface area (Å²) in [4.78, 5) is 33.0. The predicted octanol–water partition coefficient (Wildman–Crippen LogP) is 0.888. The highest BCUT2D eigenvalue weighted by Gasteiger charge is 2.09. The van der Waals surface area contributed by atoms with Gasteiger partial charge in [0.05, 0.1) is 0 Å². The zero-order chi connectivity index (χ0) is 13.5. The molecule has 0 aromatic heterocycles. The summed E-state index contributed by atoms with van der Waals surface area (Å²) in [6.07, 6.45) is -0.469. The average Bonchev–Trinajstić information content (AvgIpc) is 2.34. The summed E-state index contributed by atoms with van der Waals surface area (Å²) in [5.74, 6) is -2.28. The van der Waals surface area contributed by atoms with Crippen LogP contribution >= 0.6 is 0 Å². The summed E-state index contributed by atoms with van der Waals surface area (Å²) < 4.78 is 12.6. The van der Waals surface area contributed by atoms with Crippen LogP contribution in [0.4, 0.5) is 4.39 Å². The molecule has 5 heteroatoms. The highest BCUT2D eigenvalue weighted by molar-refractivity contribution is 5.98. The second-order valence-electron chi connectivity index (χ2n) is 3.84. The van der Waals surface area contributed by atoms with Gasteiger partial charge in [0.2, 0.25) is 0 Å². The van der Waals surface area contributed by atoms with Crippen molar-refractivity contribution in [1.29, 1.82) is 0 Å². The first-order valence-corrected chi connectivity index (χ1v) is 5.49. The highest BCUT2D eigenvalue weighted by atomic mass is 19.1. The third-order valence-corrected chi connectivity index (χ3v) is 2.41. The molecule has 0 fully saturated rings. The largest absolute Gasteiger partial charge is 0.550 e. The number of hydrogen-bond donors (Lipinski definition) is 0. The SMILES string of the molecule is O=C([O-])CCC(=O)CCC(=O)c1ccc(F)cc1. The minimum absolute atomic E-state index is 0.00247. The smallest absolute Gasteiger partial charge is 0.163 e. The Morgan fingerprint density at radius 3 is 2.06 bits per heavy atom. The number of carboxylic acids is 1. The molecule has 1 aromatic carbocycles. The summed E-state index contributed by atoms with van der Waals surface area (Å²) >= 11 is 0. The fourth-order valence-electron chi connectivity index (χ4n) is 1.40. The minimum Gasteiger partial charge on any atom is -0.550 e. The molecule has 0 heterocycles. The standard InChI is InChI=1S/C13H13FO4/c14-10-3-1-9(2-4-10)12(16)7-5-11(15)6-8-13(17)18/h1-4H,5-8H2,(H,17,18)/p-1. The van der Waals surface area contributed by atoms with Crippen molar-refractivity contribution in [1.82, 2.24) is 0 Å². The first-order chi connectivity index (χ1) is 8.49. The van der Waals surface area contributed by atoms with Gasteiger partial charge in [0, 0.05) is 30.8 Å². The summed E-state index contributed by atoms with van der Waals surface area (Å²) in [5, 5.41) is 10.1. The summed E-state index contributed by atoms with van der Waals surface area (Å²) in [7, 11) is 0. The van der Waals surface area contributed by atoms with E-state index in [1.165, 1.54) is 24.3 Å². The van der Waals surface area contributed by atoms with E-state index in [9.17, 15) is 23.9 Å². The van der Waals surface area contributed by atoms with Crippen LogP contribution in [0.1, 0.15) is 36.0 Å². The van der Waals surface area contributed by atoms with E-state index in [1.807, 2.05) is 0 Å². The van der Waals surface area contributed by atoms with Crippen LogP contribution in [0.5, 0.6) is 0 Å². The molecule has 0 atom stereocenters. The molecule has 0 unspecified atom stereocenters. The summed E-state index contributed by atoms with van der Waals surface area (Å²) in [6.45, 7) is 0. The van der Waals surface area contributed by atoms with E-state index in [0.717, 1.165) is 0 Å². The van der Waals surface area contributed by atoms with Gasteiger partial charge in [0.1, 0.15) is 11.6 Å². The quantitative estimate of drug-likeness (QED) is 0.674. The van der Waals surface area contributed by atoms with Crippen LogP contribution in [0.15, 0.2) is 24.3 Å². The van der Waals surface area contributed by atoms with Gasteiger partial charge >= 0.3 is 0 Å². The second kappa shape index (κ2) is 6.64. The van der Waals surface area contributed by atoms with Crippen LogP contribution in [0.2, 0.25) is 0 Å². The maximum Gasteiger partial charge on any atom is 0.163 e. The lowest BCUT2D eigenvalue weighted by Crippen LogP contribution is -2.22. The first-order valence-electron chi connectivity index (χ1n) is 5.49. The molecule has 96 valence electrons. The normalized spacial score (nSPS) is 10.1. The third kappa shape index (κ3) is 4.86. The molecule has 1 aromatic rings. The Balaban J connectivity index is 2.39. The molecular formula is C13H12FO4-. The van der Waals surface area contributed by atoms with Crippen LogP contribution in [0.25, 0.3) is 0 Å². The molecule has 0 saturated carbocycles. The molecule has 0 radical (unpaired) electrons. The van der Waals surface area contributed by atoms with Crippen molar-refractivity contribution in [2.24, 2.45) is 0 Å². The average molecular weight is 251 g/mol. The third-order valence-electron chi connectivity index (χ3n) is 2.41. The zero-order valence-electron chi connectivity index (χ0n) is 9.65. The molecule has 0 aliphatic heterocycles. The minimum atomic E-state index is -1.28. The van der Waals surface area contributed by atoms with E-state index in [4.69, 9.17) is 0 Å². The van der Waals surface area contributed by atoms with Crippen molar-refractivity contribution < 1.29 is 23.9 Å². The molecule has 0 bridgehead atoms. The molecule has 18 heavy (non-hydrogen) atoms. The lowest BCUT2D eigenvalue weighted by Gasteiger charge is -2.02. The van der Waals surface area contributed by atoms with E-state index in [2.05, 4.69) is 0 Å². The van der Waals surface area contributed by atoms with Gasteiger partial charge < -0.3 is 9.90 Å². The van der Waals surface area contributed by atoms with E-state index >= 15 is 0 Å². The Labute approximate surface area is 103 Å². The molecule has 4 nitrogen and oxygen atoms in total. The monoisotopic (exact) mass is 251 g/mol. The molecule has 0 amide bonds. The van der Waals surface area contributed by atoms with Gasteiger partial charge in [-0.05, 0) is 30.7 Å². The number of hydrogen-bond acceptors (Lipinski definition) is 4. The van der Waals surface area contributed by atoms with Gasteiger partial charge in [0.25, 0.3) is 0 Å². The number of aliphatic carboxylic acids is 1. The van der Waals surface area contributed by atoms with Crippen molar-refractivity contribution in [3.05, 3.63) is 35.6 Å². The number of carbonyl (C=O) groups excluding carboxylic acids is 3. The number of halogens is 1. The fraction of sp³-hybridized carbons (Fsp3) is 0.308. The second-order valence-corrected chi connectivity index (χ2v) is 3.84. The number of carbonyl (C=O) groups is 3. The van der Waals surface area contributed by atoms with Gasteiger partial charge in [-0.15, -0.1) is 0 Å². The van der Waals surface area contributed by atoms with Crippen LogP contribution in [0.3, 0.4) is 0 Å². The van der Waals surface area contributed by atoms with Gasteiger partial charge in [0.15, 0.2) is 5.78 Å². The Morgan fingerprint density at radius 1 is 0.944 bits per heavy atom.